The van der Waals surface area contributed by atoms with Crippen molar-refractivity contribution in [2.24, 2.45) is 0 Å². The Bertz CT molecular complexity index is 219. The first-order valence-corrected chi connectivity index (χ1v) is 6.88. The molecule has 5 nitrogen and oxygen atoms in total. The molecule has 0 radical (unpaired) electrons. The van der Waals surface area contributed by atoms with Gasteiger partial charge in [-0.15, -0.1) is 0 Å². The largest absolute Gasteiger partial charge is 0.465 e. The fraction of sp³-hybridized carbons (Fsp3) is 0.900. The van der Waals surface area contributed by atoms with Gasteiger partial charge in [-0.3, -0.25) is 9.00 Å². The minimum absolute atomic E-state index is 0.0967. The van der Waals surface area contributed by atoms with Gasteiger partial charge in [-0.05, 0) is 6.42 Å². The van der Waals surface area contributed by atoms with E-state index in [9.17, 15) is 9.00 Å². The molecule has 2 N–H and O–H groups in total. The predicted molar refractivity (Wildman–Crippen MR) is 61.5 cm³/mol. The van der Waals surface area contributed by atoms with Gasteiger partial charge in [-0.25, -0.2) is 0 Å². The summed E-state index contributed by atoms with van der Waals surface area (Å²) in [5, 5.41) is 17.5. The molecule has 0 amide bonds. The fourth-order valence-corrected chi connectivity index (χ4v) is 2.04. The molecule has 0 aliphatic carbocycles. The highest BCUT2D eigenvalue weighted by Gasteiger charge is 2.13. The van der Waals surface area contributed by atoms with E-state index < -0.39 is 29.5 Å². The SMILES string of the molecule is CCCCCOC(=O)CS(=O)CC(O)CO. The van der Waals surface area contributed by atoms with Gasteiger partial charge in [-0.2, -0.15) is 0 Å². The normalized spacial score (nSPS) is 14.4. The lowest BCUT2D eigenvalue weighted by Gasteiger charge is -2.07. The molecule has 0 aromatic rings. The third kappa shape index (κ3) is 8.82. The van der Waals surface area contributed by atoms with E-state index in [0.29, 0.717) is 6.61 Å². The molecule has 16 heavy (non-hydrogen) atoms. The highest BCUT2D eigenvalue weighted by molar-refractivity contribution is 7.85. The van der Waals surface area contributed by atoms with E-state index in [1.54, 1.807) is 0 Å². The Labute approximate surface area is 98.3 Å². The van der Waals surface area contributed by atoms with Crippen LogP contribution in [0.25, 0.3) is 0 Å². The zero-order chi connectivity index (χ0) is 12.4. The quantitative estimate of drug-likeness (QED) is 0.439. The smallest absolute Gasteiger partial charge is 0.318 e. The van der Waals surface area contributed by atoms with E-state index in [0.717, 1.165) is 19.3 Å². The van der Waals surface area contributed by atoms with E-state index >= 15 is 0 Å². The zero-order valence-corrected chi connectivity index (χ0v) is 10.4. The average molecular weight is 252 g/mol. The van der Waals surface area contributed by atoms with Crippen molar-refractivity contribution in [3.8, 4) is 0 Å². The molecule has 2 unspecified atom stereocenters. The Balaban J connectivity index is 3.58. The highest BCUT2D eigenvalue weighted by Crippen LogP contribution is 1.96. The second-order valence-electron chi connectivity index (χ2n) is 3.51. The number of carbonyl (C=O) groups is 1. The lowest BCUT2D eigenvalue weighted by molar-refractivity contribution is -0.140. The summed E-state index contributed by atoms with van der Waals surface area (Å²) < 4.78 is 16.1. The summed E-state index contributed by atoms with van der Waals surface area (Å²) in [5.74, 6) is -0.830. The maximum absolute atomic E-state index is 11.3. The van der Waals surface area contributed by atoms with Gasteiger partial charge in [0.25, 0.3) is 0 Å². The minimum Gasteiger partial charge on any atom is -0.465 e. The van der Waals surface area contributed by atoms with Crippen molar-refractivity contribution in [3.63, 3.8) is 0 Å². The molecule has 0 rings (SSSR count). The van der Waals surface area contributed by atoms with Crippen molar-refractivity contribution >= 4 is 16.8 Å². The molecule has 0 saturated heterocycles. The number of rotatable bonds is 9. The van der Waals surface area contributed by atoms with Crippen LogP contribution >= 0.6 is 0 Å². The lowest BCUT2D eigenvalue weighted by atomic mass is 10.3. The molecule has 2 atom stereocenters. The van der Waals surface area contributed by atoms with Crippen molar-refractivity contribution in [2.45, 2.75) is 32.3 Å². The first kappa shape index (κ1) is 15.5. The van der Waals surface area contributed by atoms with Gasteiger partial charge in [0, 0.05) is 10.8 Å². The van der Waals surface area contributed by atoms with Crippen LogP contribution in [0, 0.1) is 0 Å². The van der Waals surface area contributed by atoms with Crippen LogP contribution < -0.4 is 0 Å². The Morgan fingerprint density at radius 3 is 2.69 bits per heavy atom. The van der Waals surface area contributed by atoms with Crippen molar-refractivity contribution in [3.05, 3.63) is 0 Å². The molecule has 6 heteroatoms. The molecular formula is C10H20O5S. The standard InChI is InChI=1S/C10H20O5S/c1-2-3-4-5-15-10(13)8-16(14)7-9(12)6-11/h9,11-12H,2-8H2,1H3. The van der Waals surface area contributed by atoms with Gasteiger partial charge in [0.2, 0.25) is 0 Å². The monoisotopic (exact) mass is 252 g/mol. The van der Waals surface area contributed by atoms with Gasteiger partial charge >= 0.3 is 5.97 Å². The van der Waals surface area contributed by atoms with Gasteiger partial charge < -0.3 is 14.9 Å². The van der Waals surface area contributed by atoms with Crippen LogP contribution in [0.15, 0.2) is 0 Å². The number of hydrogen-bond donors (Lipinski definition) is 2. The highest BCUT2D eigenvalue weighted by atomic mass is 32.2. The third-order valence-corrected chi connectivity index (χ3v) is 3.19. The number of carbonyl (C=O) groups excluding carboxylic acids is 1. The van der Waals surface area contributed by atoms with Crippen LogP contribution in [0.3, 0.4) is 0 Å². The Morgan fingerprint density at radius 2 is 2.12 bits per heavy atom. The van der Waals surface area contributed by atoms with Gasteiger partial charge in [0.05, 0.1) is 25.1 Å². The molecule has 0 fully saturated rings. The summed E-state index contributed by atoms with van der Waals surface area (Å²) in [5.41, 5.74) is 0. The van der Waals surface area contributed by atoms with Gasteiger partial charge in [0.15, 0.2) is 0 Å². The van der Waals surface area contributed by atoms with E-state index in [4.69, 9.17) is 14.9 Å². The number of esters is 1. The summed E-state index contributed by atoms with van der Waals surface area (Å²) in [6.07, 6.45) is 1.83. The first-order chi connectivity index (χ1) is 7.60. The first-order valence-electron chi connectivity index (χ1n) is 5.39. The maximum Gasteiger partial charge on any atom is 0.318 e. The second-order valence-corrected chi connectivity index (χ2v) is 5.02. The number of hydrogen-bond acceptors (Lipinski definition) is 5. The van der Waals surface area contributed by atoms with E-state index in [1.165, 1.54) is 0 Å². The van der Waals surface area contributed by atoms with Crippen molar-refractivity contribution in [1.82, 2.24) is 0 Å². The molecule has 0 aliphatic rings. The third-order valence-electron chi connectivity index (χ3n) is 1.88. The van der Waals surface area contributed by atoms with Crippen LogP contribution in [-0.2, 0) is 20.3 Å². The van der Waals surface area contributed by atoms with Crippen molar-refractivity contribution < 1.29 is 24.0 Å². The van der Waals surface area contributed by atoms with E-state index in [1.807, 2.05) is 6.92 Å². The lowest BCUT2D eigenvalue weighted by Crippen LogP contribution is -2.25. The predicted octanol–water partition coefficient (Wildman–Crippen LogP) is -0.178. The number of aliphatic hydroxyl groups excluding tert-OH is 2. The molecule has 0 heterocycles. The summed E-state index contributed by atoms with van der Waals surface area (Å²) in [6, 6.07) is 0. The number of aliphatic hydroxyl groups is 2. The van der Waals surface area contributed by atoms with E-state index in [2.05, 4.69) is 0 Å². The molecule has 0 saturated carbocycles. The summed E-state index contributed by atoms with van der Waals surface area (Å²) >= 11 is 0. The topological polar surface area (TPSA) is 83.8 Å². The molecule has 0 aliphatic heterocycles. The van der Waals surface area contributed by atoms with Gasteiger partial charge in [-0.1, -0.05) is 19.8 Å². The molecule has 0 spiro atoms. The zero-order valence-electron chi connectivity index (χ0n) is 9.55. The minimum atomic E-state index is -1.47. The molecule has 0 bridgehead atoms. The number of ether oxygens (including phenoxy) is 1. The van der Waals surface area contributed by atoms with Crippen LogP contribution in [0.2, 0.25) is 0 Å². The summed E-state index contributed by atoms with van der Waals surface area (Å²) in [7, 11) is -1.47. The van der Waals surface area contributed by atoms with Crippen molar-refractivity contribution in [1.29, 1.82) is 0 Å². The van der Waals surface area contributed by atoms with Crippen LogP contribution in [0.5, 0.6) is 0 Å². The van der Waals surface area contributed by atoms with Crippen LogP contribution in [0.1, 0.15) is 26.2 Å². The van der Waals surface area contributed by atoms with Crippen LogP contribution in [0.4, 0.5) is 0 Å². The second kappa shape index (κ2) is 9.74. The maximum atomic E-state index is 11.3. The average Bonchev–Trinajstić information content (AvgIpc) is 2.24. The Hall–Kier alpha value is -0.460. The molecule has 0 aromatic carbocycles. The molecule has 0 aromatic heterocycles. The fourth-order valence-electron chi connectivity index (χ4n) is 1.04. The summed E-state index contributed by atoms with van der Waals surface area (Å²) in [6.45, 7) is 1.96. The Morgan fingerprint density at radius 1 is 1.44 bits per heavy atom. The summed E-state index contributed by atoms with van der Waals surface area (Å²) in [4.78, 5) is 11.1. The molecular weight excluding hydrogens is 232 g/mol. The number of unbranched alkanes of at least 4 members (excludes halogenated alkanes) is 2. The van der Waals surface area contributed by atoms with Crippen molar-refractivity contribution in [2.75, 3.05) is 24.7 Å². The molecule has 96 valence electrons. The van der Waals surface area contributed by atoms with E-state index in [-0.39, 0.29) is 11.5 Å². The Kier molecular flexibility index (Phi) is 9.46. The van der Waals surface area contributed by atoms with Gasteiger partial charge in [0.1, 0.15) is 5.75 Å². The van der Waals surface area contributed by atoms with Crippen LogP contribution in [-0.4, -0.2) is 51.2 Å².